The Morgan fingerprint density at radius 3 is 2.93 bits per heavy atom. The molecule has 5 heteroatoms. The number of anilines is 1. The summed E-state index contributed by atoms with van der Waals surface area (Å²) in [6.07, 6.45) is 0. The molecule has 0 bridgehead atoms. The molecule has 14 heavy (non-hydrogen) atoms. The van der Waals surface area contributed by atoms with Crippen molar-refractivity contribution in [2.24, 2.45) is 0 Å². The Kier molecular flexibility index (Phi) is 3.59. The van der Waals surface area contributed by atoms with Gasteiger partial charge in [-0.15, -0.1) is 0 Å². The molecule has 0 amide bonds. The predicted octanol–water partition coefficient (Wildman–Crippen LogP) is 1.85. The quantitative estimate of drug-likeness (QED) is 0.805. The van der Waals surface area contributed by atoms with Crippen molar-refractivity contribution in [3.63, 3.8) is 0 Å². The zero-order valence-corrected chi connectivity index (χ0v) is 8.34. The minimum atomic E-state index is -0.941. The van der Waals surface area contributed by atoms with Crippen LogP contribution in [0.25, 0.3) is 0 Å². The summed E-state index contributed by atoms with van der Waals surface area (Å²) >= 11 is 5.83. The van der Waals surface area contributed by atoms with Gasteiger partial charge in [0.25, 0.3) is 0 Å². The van der Waals surface area contributed by atoms with E-state index in [0.29, 0.717) is 16.5 Å². The zero-order chi connectivity index (χ0) is 10.6. The van der Waals surface area contributed by atoms with Crippen LogP contribution in [-0.4, -0.2) is 24.7 Å². The number of ether oxygens (including phenoxy) is 1. The fourth-order valence-corrected chi connectivity index (χ4v) is 1.12. The van der Waals surface area contributed by atoms with Crippen LogP contribution in [0.5, 0.6) is 5.75 Å². The first kappa shape index (κ1) is 10.7. The molecule has 1 aromatic carbocycles. The second kappa shape index (κ2) is 4.72. The van der Waals surface area contributed by atoms with E-state index in [1.807, 2.05) is 0 Å². The standard InChI is InChI=1S/C9H10ClNO3/c1-14-6-2-3-7(10)8(4-6)11-5-9(12)13/h2-4,11H,5H2,1H3,(H,12,13). The largest absolute Gasteiger partial charge is 0.497 e. The molecule has 0 unspecified atom stereocenters. The third kappa shape index (κ3) is 2.81. The first-order valence-corrected chi connectivity index (χ1v) is 4.30. The summed E-state index contributed by atoms with van der Waals surface area (Å²) in [6, 6.07) is 4.99. The number of benzene rings is 1. The molecule has 0 radical (unpaired) electrons. The first-order valence-electron chi connectivity index (χ1n) is 3.92. The van der Waals surface area contributed by atoms with E-state index in [1.165, 1.54) is 7.11 Å². The van der Waals surface area contributed by atoms with Gasteiger partial charge in [-0.1, -0.05) is 11.6 Å². The summed E-state index contributed by atoms with van der Waals surface area (Å²) in [4.78, 5) is 10.3. The average Bonchev–Trinajstić information content (AvgIpc) is 2.16. The normalized spacial score (nSPS) is 9.57. The lowest BCUT2D eigenvalue weighted by Gasteiger charge is -2.07. The fraction of sp³-hybridized carbons (Fsp3) is 0.222. The van der Waals surface area contributed by atoms with Crippen LogP contribution in [0.3, 0.4) is 0 Å². The van der Waals surface area contributed by atoms with Gasteiger partial charge in [0.05, 0.1) is 17.8 Å². The molecule has 0 aromatic heterocycles. The lowest BCUT2D eigenvalue weighted by atomic mass is 10.3. The van der Waals surface area contributed by atoms with Crippen molar-refractivity contribution in [2.75, 3.05) is 19.0 Å². The summed E-state index contributed by atoms with van der Waals surface area (Å²) in [5.74, 6) is -0.314. The minimum absolute atomic E-state index is 0.174. The van der Waals surface area contributed by atoms with E-state index in [4.69, 9.17) is 21.4 Å². The number of carboxylic acid groups (broad SMARTS) is 1. The molecule has 0 aliphatic heterocycles. The van der Waals surface area contributed by atoms with E-state index in [-0.39, 0.29) is 6.54 Å². The van der Waals surface area contributed by atoms with Gasteiger partial charge < -0.3 is 15.2 Å². The van der Waals surface area contributed by atoms with Gasteiger partial charge in [-0.3, -0.25) is 4.79 Å². The van der Waals surface area contributed by atoms with Gasteiger partial charge in [-0.05, 0) is 12.1 Å². The van der Waals surface area contributed by atoms with Crippen LogP contribution >= 0.6 is 11.6 Å². The Hall–Kier alpha value is -1.42. The van der Waals surface area contributed by atoms with Crippen molar-refractivity contribution in [1.82, 2.24) is 0 Å². The number of carboxylic acids is 1. The van der Waals surface area contributed by atoms with E-state index in [9.17, 15) is 4.79 Å². The van der Waals surface area contributed by atoms with Crippen LogP contribution in [0.4, 0.5) is 5.69 Å². The molecule has 4 nitrogen and oxygen atoms in total. The monoisotopic (exact) mass is 215 g/mol. The van der Waals surface area contributed by atoms with Crippen LogP contribution in [0.1, 0.15) is 0 Å². The second-order valence-electron chi connectivity index (χ2n) is 2.59. The van der Waals surface area contributed by atoms with E-state index >= 15 is 0 Å². The molecule has 1 rings (SSSR count). The van der Waals surface area contributed by atoms with Crippen molar-refractivity contribution in [2.45, 2.75) is 0 Å². The number of nitrogens with one attached hydrogen (secondary N) is 1. The Morgan fingerprint density at radius 1 is 1.64 bits per heavy atom. The third-order valence-corrected chi connectivity index (χ3v) is 1.93. The number of aliphatic carboxylic acids is 1. The van der Waals surface area contributed by atoms with Crippen molar-refractivity contribution in [3.8, 4) is 5.75 Å². The van der Waals surface area contributed by atoms with Crippen molar-refractivity contribution >= 4 is 23.3 Å². The predicted molar refractivity (Wildman–Crippen MR) is 54.1 cm³/mol. The number of hydrogen-bond donors (Lipinski definition) is 2. The lowest BCUT2D eigenvalue weighted by Crippen LogP contribution is -2.12. The molecule has 0 aliphatic rings. The molecule has 76 valence electrons. The summed E-state index contributed by atoms with van der Waals surface area (Å²) in [5, 5.41) is 11.6. The van der Waals surface area contributed by atoms with Crippen molar-refractivity contribution in [1.29, 1.82) is 0 Å². The molecule has 0 atom stereocenters. The summed E-state index contributed by atoms with van der Waals surface area (Å²) in [6.45, 7) is -0.174. The van der Waals surface area contributed by atoms with E-state index < -0.39 is 5.97 Å². The third-order valence-electron chi connectivity index (χ3n) is 1.60. The van der Waals surface area contributed by atoms with Crippen molar-refractivity contribution in [3.05, 3.63) is 23.2 Å². The number of carbonyl (C=O) groups is 1. The van der Waals surface area contributed by atoms with Crippen molar-refractivity contribution < 1.29 is 14.6 Å². The number of rotatable bonds is 4. The van der Waals surface area contributed by atoms with Gasteiger partial charge >= 0.3 is 5.97 Å². The molecule has 0 saturated heterocycles. The lowest BCUT2D eigenvalue weighted by molar-refractivity contribution is -0.134. The molecular weight excluding hydrogens is 206 g/mol. The fourth-order valence-electron chi connectivity index (χ4n) is 0.938. The Balaban J connectivity index is 2.78. The molecule has 0 fully saturated rings. The number of hydrogen-bond acceptors (Lipinski definition) is 3. The first-order chi connectivity index (χ1) is 6.63. The van der Waals surface area contributed by atoms with Gasteiger partial charge in [0, 0.05) is 6.07 Å². The highest BCUT2D eigenvalue weighted by Gasteiger charge is 2.03. The van der Waals surface area contributed by atoms with E-state index in [0.717, 1.165) is 0 Å². The Labute approximate surface area is 86.4 Å². The Bertz CT molecular complexity index is 341. The van der Waals surface area contributed by atoms with Crippen LogP contribution < -0.4 is 10.1 Å². The van der Waals surface area contributed by atoms with Crippen LogP contribution in [0.2, 0.25) is 5.02 Å². The molecule has 0 spiro atoms. The van der Waals surface area contributed by atoms with Crippen LogP contribution in [0, 0.1) is 0 Å². The second-order valence-corrected chi connectivity index (χ2v) is 3.00. The molecule has 2 N–H and O–H groups in total. The van der Waals surface area contributed by atoms with Gasteiger partial charge in [0.1, 0.15) is 12.3 Å². The highest BCUT2D eigenvalue weighted by Crippen LogP contribution is 2.26. The highest BCUT2D eigenvalue weighted by molar-refractivity contribution is 6.33. The maximum absolute atomic E-state index is 10.3. The smallest absolute Gasteiger partial charge is 0.322 e. The summed E-state index contributed by atoms with van der Waals surface area (Å²) < 4.78 is 4.97. The van der Waals surface area contributed by atoms with Gasteiger partial charge in [-0.25, -0.2) is 0 Å². The zero-order valence-electron chi connectivity index (χ0n) is 7.58. The van der Waals surface area contributed by atoms with Crippen LogP contribution in [0.15, 0.2) is 18.2 Å². The number of methoxy groups -OCH3 is 1. The maximum Gasteiger partial charge on any atom is 0.322 e. The Morgan fingerprint density at radius 2 is 2.36 bits per heavy atom. The molecule has 0 aliphatic carbocycles. The molecule has 0 saturated carbocycles. The summed E-state index contributed by atoms with van der Waals surface area (Å²) in [7, 11) is 1.53. The number of halogens is 1. The van der Waals surface area contributed by atoms with Gasteiger partial charge in [0.15, 0.2) is 0 Å². The maximum atomic E-state index is 10.3. The average molecular weight is 216 g/mol. The minimum Gasteiger partial charge on any atom is -0.497 e. The molecular formula is C9H10ClNO3. The highest BCUT2D eigenvalue weighted by atomic mass is 35.5. The SMILES string of the molecule is COc1ccc(Cl)c(NCC(=O)O)c1. The van der Waals surface area contributed by atoms with E-state index in [2.05, 4.69) is 5.32 Å². The van der Waals surface area contributed by atoms with E-state index in [1.54, 1.807) is 18.2 Å². The van der Waals surface area contributed by atoms with Crippen LogP contribution in [-0.2, 0) is 4.79 Å². The topological polar surface area (TPSA) is 58.6 Å². The van der Waals surface area contributed by atoms with Gasteiger partial charge in [-0.2, -0.15) is 0 Å². The molecule has 0 heterocycles. The molecule has 1 aromatic rings. The summed E-state index contributed by atoms with van der Waals surface area (Å²) in [5.41, 5.74) is 0.549. The van der Waals surface area contributed by atoms with Gasteiger partial charge in [0.2, 0.25) is 0 Å².